The van der Waals surface area contributed by atoms with E-state index < -0.39 is 0 Å². The van der Waals surface area contributed by atoms with Gasteiger partial charge < -0.3 is 24.6 Å². The summed E-state index contributed by atoms with van der Waals surface area (Å²) >= 11 is 0. The van der Waals surface area contributed by atoms with Gasteiger partial charge in [0.1, 0.15) is 31.6 Å². The minimum absolute atomic E-state index is 0.0622. The fourth-order valence-corrected chi connectivity index (χ4v) is 4.57. The predicted octanol–water partition coefficient (Wildman–Crippen LogP) is 5.03. The molecule has 0 bridgehead atoms. The third-order valence-corrected chi connectivity index (χ3v) is 6.49. The number of aromatic nitrogens is 1. The van der Waals surface area contributed by atoms with Crippen LogP contribution in [0.25, 0.3) is 22.3 Å². The number of fused-ring (bicyclic) bond motifs is 1. The van der Waals surface area contributed by atoms with E-state index >= 15 is 0 Å². The van der Waals surface area contributed by atoms with Crippen LogP contribution in [-0.2, 0) is 13.2 Å². The largest absolute Gasteiger partial charge is 0.488 e. The van der Waals surface area contributed by atoms with Crippen molar-refractivity contribution in [1.82, 2.24) is 10.3 Å². The van der Waals surface area contributed by atoms with E-state index in [4.69, 9.17) is 14.2 Å². The van der Waals surface area contributed by atoms with Crippen molar-refractivity contribution in [3.63, 3.8) is 0 Å². The molecule has 2 heterocycles. The van der Waals surface area contributed by atoms with Crippen LogP contribution in [0.5, 0.6) is 17.2 Å². The molecule has 1 aromatic heterocycles. The summed E-state index contributed by atoms with van der Waals surface area (Å²) < 4.78 is 17.7. The Balaban J connectivity index is 1.47. The lowest BCUT2D eigenvalue weighted by molar-refractivity contribution is 0.171. The standard InChI is InChI=1S/C31H29N3O4/c1-21-27(3-2-4-28(21)25-7-8-29-31(15-25)37-12-11-36-29)24-5-6-26(19-33-9-10-35)30(14-24)38-20-23-13-22(16-32)17-34-18-23/h2-8,13-15,17-18,33,35H,9-12,19-20H2,1H3. The molecule has 192 valence electrons. The summed E-state index contributed by atoms with van der Waals surface area (Å²) in [6.45, 7) is 4.64. The number of aliphatic hydroxyl groups excluding tert-OH is 1. The van der Waals surface area contributed by atoms with E-state index in [9.17, 15) is 10.4 Å². The number of rotatable bonds is 9. The van der Waals surface area contributed by atoms with Crippen molar-refractivity contribution in [3.05, 3.63) is 95.3 Å². The molecule has 5 rings (SSSR count). The highest BCUT2D eigenvalue weighted by Crippen LogP contribution is 2.38. The van der Waals surface area contributed by atoms with Crippen LogP contribution in [0.2, 0.25) is 0 Å². The second kappa shape index (κ2) is 11.8. The summed E-state index contributed by atoms with van der Waals surface area (Å²) in [5, 5.41) is 21.6. The molecule has 1 aliphatic heterocycles. The molecule has 0 amide bonds. The average Bonchev–Trinajstić information content (AvgIpc) is 2.96. The van der Waals surface area contributed by atoms with Gasteiger partial charge in [-0.15, -0.1) is 0 Å². The lowest BCUT2D eigenvalue weighted by Crippen LogP contribution is -2.18. The maximum atomic E-state index is 9.19. The summed E-state index contributed by atoms with van der Waals surface area (Å²) in [5.74, 6) is 2.28. The van der Waals surface area contributed by atoms with Gasteiger partial charge in [-0.05, 0) is 59.0 Å². The highest BCUT2D eigenvalue weighted by molar-refractivity contribution is 5.80. The number of nitrogens with zero attached hydrogens (tertiary/aromatic N) is 2. The van der Waals surface area contributed by atoms with Crippen molar-refractivity contribution >= 4 is 0 Å². The zero-order chi connectivity index (χ0) is 26.3. The van der Waals surface area contributed by atoms with Gasteiger partial charge in [-0.2, -0.15) is 5.26 Å². The quantitative estimate of drug-likeness (QED) is 0.307. The van der Waals surface area contributed by atoms with Gasteiger partial charge in [0.25, 0.3) is 0 Å². The van der Waals surface area contributed by atoms with Crippen LogP contribution in [0.1, 0.15) is 22.3 Å². The molecule has 0 radical (unpaired) electrons. The van der Waals surface area contributed by atoms with Crippen molar-refractivity contribution in [3.8, 4) is 45.6 Å². The topological polar surface area (TPSA) is 96.6 Å². The first-order chi connectivity index (χ1) is 18.7. The lowest BCUT2D eigenvalue weighted by Gasteiger charge is -2.20. The van der Waals surface area contributed by atoms with Gasteiger partial charge in [-0.3, -0.25) is 4.98 Å². The van der Waals surface area contributed by atoms with Crippen molar-refractivity contribution in [2.45, 2.75) is 20.1 Å². The van der Waals surface area contributed by atoms with Crippen LogP contribution >= 0.6 is 0 Å². The fraction of sp³-hybridized carbons (Fsp3) is 0.226. The number of nitrogens with one attached hydrogen (secondary N) is 1. The number of pyridine rings is 1. The number of benzene rings is 3. The van der Waals surface area contributed by atoms with Gasteiger partial charge in [0.15, 0.2) is 11.5 Å². The van der Waals surface area contributed by atoms with Crippen LogP contribution in [0.4, 0.5) is 0 Å². The summed E-state index contributed by atoms with van der Waals surface area (Å²) in [5.41, 5.74) is 7.77. The van der Waals surface area contributed by atoms with Gasteiger partial charge in [0.05, 0.1) is 12.2 Å². The Morgan fingerprint density at radius 2 is 1.74 bits per heavy atom. The molecule has 1 aliphatic rings. The van der Waals surface area contributed by atoms with Crippen LogP contribution in [0.3, 0.4) is 0 Å². The first kappa shape index (κ1) is 25.3. The Kier molecular flexibility index (Phi) is 7.84. The van der Waals surface area contributed by atoms with Crippen LogP contribution in [-0.4, -0.2) is 36.5 Å². The van der Waals surface area contributed by atoms with Crippen molar-refractivity contribution in [2.24, 2.45) is 0 Å². The summed E-state index contributed by atoms with van der Waals surface area (Å²) in [7, 11) is 0. The molecular formula is C31H29N3O4. The van der Waals surface area contributed by atoms with Gasteiger partial charge in [0, 0.05) is 36.6 Å². The van der Waals surface area contributed by atoms with Crippen molar-refractivity contribution in [1.29, 1.82) is 5.26 Å². The van der Waals surface area contributed by atoms with E-state index in [1.165, 1.54) is 6.20 Å². The van der Waals surface area contributed by atoms with Gasteiger partial charge >= 0.3 is 0 Å². The maximum Gasteiger partial charge on any atom is 0.161 e. The molecule has 7 heteroatoms. The minimum Gasteiger partial charge on any atom is -0.488 e. The van der Waals surface area contributed by atoms with Crippen LogP contribution in [0.15, 0.2) is 73.1 Å². The smallest absolute Gasteiger partial charge is 0.161 e. The highest BCUT2D eigenvalue weighted by atomic mass is 16.6. The maximum absolute atomic E-state index is 9.19. The SMILES string of the molecule is Cc1c(-c2ccc(CNCCO)c(OCc3cncc(C#N)c3)c2)cccc1-c1ccc2c(c1)OCCO2. The first-order valence-electron chi connectivity index (χ1n) is 12.6. The zero-order valence-electron chi connectivity index (χ0n) is 21.2. The van der Waals surface area contributed by atoms with E-state index in [1.54, 1.807) is 12.3 Å². The molecule has 38 heavy (non-hydrogen) atoms. The molecule has 4 aromatic rings. The van der Waals surface area contributed by atoms with E-state index in [-0.39, 0.29) is 13.2 Å². The molecule has 0 aliphatic carbocycles. The Labute approximate surface area is 222 Å². The summed E-state index contributed by atoms with van der Waals surface area (Å²) in [6, 6.07) is 22.4. The number of nitriles is 1. The summed E-state index contributed by atoms with van der Waals surface area (Å²) in [4.78, 5) is 4.13. The molecule has 0 spiro atoms. The minimum atomic E-state index is 0.0622. The monoisotopic (exact) mass is 507 g/mol. The Hall–Kier alpha value is -4.38. The number of ether oxygens (including phenoxy) is 3. The van der Waals surface area contributed by atoms with E-state index in [0.717, 1.165) is 56.2 Å². The van der Waals surface area contributed by atoms with E-state index in [1.807, 2.05) is 18.2 Å². The average molecular weight is 508 g/mol. The Morgan fingerprint density at radius 1 is 0.974 bits per heavy atom. The first-order valence-corrected chi connectivity index (χ1v) is 12.6. The number of hydrogen-bond acceptors (Lipinski definition) is 7. The van der Waals surface area contributed by atoms with E-state index in [0.29, 0.717) is 31.9 Å². The molecule has 2 N–H and O–H groups in total. The number of hydrogen-bond donors (Lipinski definition) is 2. The zero-order valence-corrected chi connectivity index (χ0v) is 21.2. The number of aliphatic hydroxyl groups is 1. The molecular weight excluding hydrogens is 478 g/mol. The predicted molar refractivity (Wildman–Crippen MR) is 145 cm³/mol. The van der Waals surface area contributed by atoms with Crippen molar-refractivity contribution < 1.29 is 19.3 Å². The van der Waals surface area contributed by atoms with Gasteiger partial charge in [-0.1, -0.05) is 36.4 Å². The third kappa shape index (κ3) is 5.62. The van der Waals surface area contributed by atoms with Gasteiger partial charge in [0.2, 0.25) is 0 Å². The molecule has 0 atom stereocenters. The third-order valence-electron chi connectivity index (χ3n) is 6.49. The van der Waals surface area contributed by atoms with Crippen molar-refractivity contribution in [2.75, 3.05) is 26.4 Å². The fourth-order valence-electron chi connectivity index (χ4n) is 4.57. The molecule has 0 saturated carbocycles. The lowest BCUT2D eigenvalue weighted by atomic mass is 9.92. The normalized spacial score (nSPS) is 12.1. The van der Waals surface area contributed by atoms with Crippen LogP contribution in [0, 0.1) is 18.3 Å². The van der Waals surface area contributed by atoms with E-state index in [2.05, 4.69) is 59.7 Å². The highest BCUT2D eigenvalue weighted by Gasteiger charge is 2.16. The van der Waals surface area contributed by atoms with Gasteiger partial charge in [-0.25, -0.2) is 0 Å². The molecule has 0 saturated heterocycles. The van der Waals surface area contributed by atoms with Crippen LogP contribution < -0.4 is 19.5 Å². The molecule has 0 fully saturated rings. The second-order valence-electron chi connectivity index (χ2n) is 9.04. The molecule has 3 aromatic carbocycles. The second-order valence-corrected chi connectivity index (χ2v) is 9.04. The Morgan fingerprint density at radius 3 is 2.53 bits per heavy atom. The molecule has 7 nitrogen and oxygen atoms in total. The Bertz CT molecular complexity index is 1480. The molecule has 0 unspecified atom stereocenters. The summed E-state index contributed by atoms with van der Waals surface area (Å²) in [6.07, 6.45) is 3.24.